The number of H-pyrrole nitrogens is 1. The lowest BCUT2D eigenvalue weighted by Crippen LogP contribution is -2.20. The zero-order valence-electron chi connectivity index (χ0n) is 13.5. The Balaban J connectivity index is 1.71. The van der Waals surface area contributed by atoms with Crippen molar-refractivity contribution in [2.45, 2.75) is 6.42 Å². The molecule has 0 aliphatic rings. The Morgan fingerprint density at radius 2 is 1.96 bits per heavy atom. The lowest BCUT2D eigenvalue weighted by Gasteiger charge is -2.12. The minimum Gasteiger partial charge on any atom is -0.493 e. The molecule has 0 fully saturated rings. The SMILES string of the molecule is CNC(=O)c1ccccc1CCOc1ccccc1-c1c[nH]cn1. The van der Waals surface area contributed by atoms with E-state index in [0.717, 1.165) is 22.6 Å². The molecule has 5 heteroatoms. The third kappa shape index (κ3) is 3.46. The largest absolute Gasteiger partial charge is 0.493 e. The van der Waals surface area contributed by atoms with Crippen LogP contribution in [0, 0.1) is 0 Å². The van der Waals surface area contributed by atoms with Crippen molar-refractivity contribution in [3.8, 4) is 17.0 Å². The van der Waals surface area contributed by atoms with Crippen molar-refractivity contribution < 1.29 is 9.53 Å². The Labute approximate surface area is 140 Å². The number of carbonyl (C=O) groups excluding carboxylic acids is 1. The molecule has 0 unspecified atom stereocenters. The number of hydrogen-bond acceptors (Lipinski definition) is 3. The average molecular weight is 321 g/mol. The number of ether oxygens (including phenoxy) is 1. The number of nitrogens with zero attached hydrogens (tertiary/aromatic N) is 1. The van der Waals surface area contributed by atoms with Crippen molar-refractivity contribution in [3.05, 3.63) is 72.2 Å². The lowest BCUT2D eigenvalue weighted by molar-refractivity contribution is 0.0962. The number of benzene rings is 2. The van der Waals surface area contributed by atoms with Crippen LogP contribution in [0.2, 0.25) is 0 Å². The highest BCUT2D eigenvalue weighted by Crippen LogP contribution is 2.28. The standard InChI is InChI=1S/C19H19N3O2/c1-20-19(23)15-7-3-2-6-14(15)10-11-24-18-9-5-4-8-16(18)17-12-21-13-22-17/h2-9,12-13H,10-11H2,1H3,(H,20,23)(H,21,22). The summed E-state index contributed by atoms with van der Waals surface area (Å²) in [4.78, 5) is 19.1. The van der Waals surface area contributed by atoms with Gasteiger partial charge in [0, 0.05) is 30.8 Å². The van der Waals surface area contributed by atoms with Gasteiger partial charge in [-0.1, -0.05) is 30.3 Å². The van der Waals surface area contributed by atoms with Crippen molar-refractivity contribution in [1.29, 1.82) is 0 Å². The molecule has 0 bridgehead atoms. The fourth-order valence-electron chi connectivity index (χ4n) is 2.58. The second-order valence-electron chi connectivity index (χ2n) is 5.29. The number of carbonyl (C=O) groups is 1. The van der Waals surface area contributed by atoms with Crippen LogP contribution in [0.25, 0.3) is 11.3 Å². The summed E-state index contributed by atoms with van der Waals surface area (Å²) in [5.41, 5.74) is 3.44. The van der Waals surface area contributed by atoms with Crippen molar-refractivity contribution in [3.63, 3.8) is 0 Å². The van der Waals surface area contributed by atoms with Gasteiger partial charge >= 0.3 is 0 Å². The first-order valence-electron chi connectivity index (χ1n) is 7.80. The molecule has 0 aliphatic heterocycles. The normalized spacial score (nSPS) is 10.4. The van der Waals surface area contributed by atoms with Gasteiger partial charge in [-0.15, -0.1) is 0 Å². The summed E-state index contributed by atoms with van der Waals surface area (Å²) in [6.07, 6.45) is 4.13. The van der Waals surface area contributed by atoms with Gasteiger partial charge in [0.15, 0.2) is 0 Å². The Morgan fingerprint density at radius 1 is 1.17 bits per heavy atom. The van der Waals surface area contributed by atoms with Crippen LogP contribution in [0.3, 0.4) is 0 Å². The molecule has 3 rings (SSSR count). The third-order valence-corrected chi connectivity index (χ3v) is 3.78. The number of para-hydroxylation sites is 1. The van der Waals surface area contributed by atoms with Crippen LogP contribution >= 0.6 is 0 Å². The van der Waals surface area contributed by atoms with E-state index in [-0.39, 0.29) is 5.91 Å². The van der Waals surface area contributed by atoms with Gasteiger partial charge in [-0.2, -0.15) is 0 Å². The average Bonchev–Trinajstić information content (AvgIpc) is 3.16. The van der Waals surface area contributed by atoms with E-state index in [1.807, 2.05) is 54.7 Å². The first-order chi connectivity index (χ1) is 11.8. The molecular weight excluding hydrogens is 302 g/mol. The first-order valence-corrected chi connectivity index (χ1v) is 7.80. The quantitative estimate of drug-likeness (QED) is 0.733. The van der Waals surface area contributed by atoms with Gasteiger partial charge in [-0.3, -0.25) is 4.79 Å². The van der Waals surface area contributed by atoms with Gasteiger partial charge in [-0.05, 0) is 23.8 Å². The lowest BCUT2D eigenvalue weighted by atomic mass is 10.0. The van der Waals surface area contributed by atoms with Crippen LogP contribution in [-0.4, -0.2) is 29.5 Å². The second-order valence-corrected chi connectivity index (χ2v) is 5.29. The van der Waals surface area contributed by atoms with Crippen LogP contribution in [-0.2, 0) is 6.42 Å². The molecule has 1 heterocycles. The molecule has 0 atom stereocenters. The van der Waals surface area contributed by atoms with E-state index in [2.05, 4.69) is 15.3 Å². The number of aromatic nitrogens is 2. The van der Waals surface area contributed by atoms with Crippen LogP contribution in [0.4, 0.5) is 0 Å². The fourth-order valence-corrected chi connectivity index (χ4v) is 2.58. The van der Waals surface area contributed by atoms with Gasteiger partial charge in [0.05, 0.1) is 18.6 Å². The molecule has 1 aromatic heterocycles. The summed E-state index contributed by atoms with van der Waals surface area (Å²) in [5.74, 6) is 0.699. The summed E-state index contributed by atoms with van der Waals surface area (Å²) in [7, 11) is 1.63. The summed E-state index contributed by atoms with van der Waals surface area (Å²) in [6, 6.07) is 15.4. The number of rotatable bonds is 6. The number of nitrogens with one attached hydrogen (secondary N) is 2. The molecule has 122 valence electrons. The topological polar surface area (TPSA) is 67.0 Å². The summed E-state index contributed by atoms with van der Waals surface area (Å²) < 4.78 is 5.95. The van der Waals surface area contributed by atoms with Crippen molar-refractivity contribution in [1.82, 2.24) is 15.3 Å². The molecule has 0 aliphatic carbocycles. The van der Waals surface area contributed by atoms with E-state index < -0.39 is 0 Å². The van der Waals surface area contributed by atoms with Crippen molar-refractivity contribution in [2.75, 3.05) is 13.7 Å². The van der Waals surface area contributed by atoms with E-state index >= 15 is 0 Å². The Morgan fingerprint density at radius 3 is 2.75 bits per heavy atom. The molecule has 3 aromatic rings. The number of hydrogen-bond donors (Lipinski definition) is 2. The molecule has 24 heavy (non-hydrogen) atoms. The van der Waals surface area contributed by atoms with Crippen molar-refractivity contribution >= 4 is 5.91 Å². The van der Waals surface area contributed by atoms with Crippen LogP contribution < -0.4 is 10.1 Å². The van der Waals surface area contributed by atoms with Gasteiger partial charge in [0.1, 0.15) is 5.75 Å². The van der Waals surface area contributed by atoms with E-state index in [1.165, 1.54) is 0 Å². The monoisotopic (exact) mass is 321 g/mol. The third-order valence-electron chi connectivity index (χ3n) is 3.78. The molecular formula is C19H19N3O2. The Hall–Kier alpha value is -3.08. The Bertz CT molecular complexity index is 813. The summed E-state index contributed by atoms with van der Waals surface area (Å²) in [6.45, 7) is 0.482. The van der Waals surface area contributed by atoms with E-state index in [0.29, 0.717) is 18.6 Å². The van der Waals surface area contributed by atoms with Gasteiger partial charge in [0.2, 0.25) is 0 Å². The van der Waals surface area contributed by atoms with E-state index in [9.17, 15) is 4.79 Å². The highest BCUT2D eigenvalue weighted by atomic mass is 16.5. The number of aromatic amines is 1. The Kier molecular flexibility index (Phi) is 4.91. The van der Waals surface area contributed by atoms with Crippen molar-refractivity contribution in [2.24, 2.45) is 0 Å². The number of imidazole rings is 1. The highest BCUT2D eigenvalue weighted by Gasteiger charge is 2.10. The molecule has 5 nitrogen and oxygen atoms in total. The number of amides is 1. The van der Waals surface area contributed by atoms with Gasteiger partial charge < -0.3 is 15.0 Å². The summed E-state index contributed by atoms with van der Waals surface area (Å²) in [5, 5.41) is 2.67. The van der Waals surface area contributed by atoms with Crippen LogP contribution in [0.1, 0.15) is 15.9 Å². The zero-order chi connectivity index (χ0) is 16.8. The van der Waals surface area contributed by atoms with Gasteiger partial charge in [-0.25, -0.2) is 4.98 Å². The van der Waals surface area contributed by atoms with Crippen LogP contribution in [0.15, 0.2) is 61.1 Å². The first kappa shape index (κ1) is 15.8. The minimum absolute atomic E-state index is 0.0810. The second kappa shape index (κ2) is 7.46. The minimum atomic E-state index is -0.0810. The molecule has 2 N–H and O–H groups in total. The zero-order valence-corrected chi connectivity index (χ0v) is 13.5. The highest BCUT2D eigenvalue weighted by molar-refractivity contribution is 5.95. The summed E-state index contributed by atoms with van der Waals surface area (Å²) >= 11 is 0. The molecule has 0 saturated heterocycles. The molecule has 2 aromatic carbocycles. The predicted octanol–water partition coefficient (Wildman–Crippen LogP) is 3.06. The molecule has 0 spiro atoms. The maximum Gasteiger partial charge on any atom is 0.251 e. The van der Waals surface area contributed by atoms with E-state index in [4.69, 9.17) is 4.74 Å². The van der Waals surface area contributed by atoms with Gasteiger partial charge in [0.25, 0.3) is 5.91 Å². The predicted molar refractivity (Wildman–Crippen MR) is 93.1 cm³/mol. The maximum absolute atomic E-state index is 11.9. The smallest absolute Gasteiger partial charge is 0.251 e. The fraction of sp³-hybridized carbons (Fsp3) is 0.158. The molecule has 0 saturated carbocycles. The maximum atomic E-state index is 11.9. The van der Waals surface area contributed by atoms with E-state index in [1.54, 1.807) is 13.4 Å². The molecule has 0 radical (unpaired) electrons. The van der Waals surface area contributed by atoms with Crippen LogP contribution in [0.5, 0.6) is 5.75 Å². The molecule has 1 amide bonds.